The Bertz CT molecular complexity index is 1110. The summed E-state index contributed by atoms with van der Waals surface area (Å²) in [4.78, 5) is 4.75. The number of aryl methyl sites for hydroxylation is 2. The van der Waals surface area contributed by atoms with Crippen molar-refractivity contribution in [2.45, 2.75) is 27.4 Å². The Hall–Kier alpha value is -3.48. The van der Waals surface area contributed by atoms with Crippen molar-refractivity contribution in [1.29, 1.82) is 0 Å². The van der Waals surface area contributed by atoms with Crippen LogP contribution in [0, 0.1) is 13.8 Å². The monoisotopic (exact) mass is 378 g/mol. The number of hydrogen-bond acceptors (Lipinski definition) is 6. The Kier molecular flexibility index (Phi) is 4.65. The Morgan fingerprint density at radius 3 is 2.71 bits per heavy atom. The molecule has 28 heavy (non-hydrogen) atoms. The second-order valence-corrected chi connectivity index (χ2v) is 6.51. The van der Waals surface area contributed by atoms with E-state index < -0.39 is 0 Å². The molecule has 4 rings (SSSR count). The molecule has 0 unspecified atom stereocenters. The Morgan fingerprint density at radius 2 is 2.00 bits per heavy atom. The van der Waals surface area contributed by atoms with Crippen LogP contribution in [0.4, 0.5) is 5.69 Å². The van der Waals surface area contributed by atoms with Crippen LogP contribution in [0.2, 0.25) is 0 Å². The Labute approximate surface area is 162 Å². The summed E-state index contributed by atoms with van der Waals surface area (Å²) in [6.07, 6.45) is 3.89. The highest BCUT2D eigenvalue weighted by Gasteiger charge is 2.13. The van der Waals surface area contributed by atoms with Crippen LogP contribution in [0.1, 0.15) is 23.9 Å². The molecule has 0 aliphatic rings. The maximum atomic E-state index is 6.10. The van der Waals surface area contributed by atoms with E-state index in [1.54, 1.807) is 0 Å². The number of nitrogens with zero attached hydrogens (tertiary/aromatic N) is 3. The first kappa shape index (κ1) is 17.9. The standard InChI is InChI=1S/C21H22N4O3/c1-4-26-19-8-7-15(10-17(19)22)18-11-25-9-5-6-20(21(25)23-18)27-12-16-13(2)24-28-14(16)3/h5-11H,4,12,22H2,1-3H3. The number of hydrogen-bond donors (Lipinski definition) is 1. The Morgan fingerprint density at radius 1 is 1.14 bits per heavy atom. The van der Waals surface area contributed by atoms with E-state index in [9.17, 15) is 0 Å². The fourth-order valence-electron chi connectivity index (χ4n) is 3.09. The summed E-state index contributed by atoms with van der Waals surface area (Å²) in [5.74, 6) is 2.13. The van der Waals surface area contributed by atoms with Crippen molar-refractivity contribution < 1.29 is 14.0 Å². The van der Waals surface area contributed by atoms with E-state index in [4.69, 9.17) is 24.7 Å². The number of rotatable bonds is 6. The summed E-state index contributed by atoms with van der Waals surface area (Å²) >= 11 is 0. The number of imidazole rings is 1. The molecule has 1 aromatic carbocycles. The molecular formula is C21H22N4O3. The lowest BCUT2D eigenvalue weighted by Crippen LogP contribution is -1.99. The first-order valence-electron chi connectivity index (χ1n) is 9.11. The van der Waals surface area contributed by atoms with Crippen molar-refractivity contribution in [2.24, 2.45) is 0 Å². The average Bonchev–Trinajstić information content (AvgIpc) is 3.26. The third-order valence-corrected chi connectivity index (χ3v) is 4.61. The first-order chi connectivity index (χ1) is 13.6. The van der Waals surface area contributed by atoms with Gasteiger partial charge in [0.1, 0.15) is 18.1 Å². The number of pyridine rings is 1. The molecule has 0 saturated carbocycles. The SMILES string of the molecule is CCOc1ccc(-c2cn3cccc(OCc4c(C)noc4C)c3n2)cc1N. The molecule has 0 fully saturated rings. The van der Waals surface area contributed by atoms with Gasteiger partial charge in [0.25, 0.3) is 0 Å². The fraction of sp³-hybridized carbons (Fsp3) is 0.238. The van der Waals surface area contributed by atoms with Gasteiger partial charge in [-0.05, 0) is 51.1 Å². The maximum absolute atomic E-state index is 6.10. The van der Waals surface area contributed by atoms with Crippen LogP contribution in [-0.2, 0) is 6.61 Å². The lowest BCUT2D eigenvalue weighted by molar-refractivity contribution is 0.303. The largest absolute Gasteiger partial charge is 0.492 e. The molecule has 4 aromatic rings. The van der Waals surface area contributed by atoms with Gasteiger partial charge in [-0.15, -0.1) is 0 Å². The molecule has 2 N–H and O–H groups in total. The van der Waals surface area contributed by atoms with E-state index in [0.29, 0.717) is 30.4 Å². The summed E-state index contributed by atoms with van der Waals surface area (Å²) < 4.78 is 18.7. The molecule has 0 bridgehead atoms. The summed E-state index contributed by atoms with van der Waals surface area (Å²) in [7, 11) is 0. The number of nitrogens with two attached hydrogens (primary N) is 1. The van der Waals surface area contributed by atoms with Crippen molar-refractivity contribution >= 4 is 11.3 Å². The number of fused-ring (bicyclic) bond motifs is 1. The molecule has 0 spiro atoms. The van der Waals surface area contributed by atoms with Crippen LogP contribution in [0.15, 0.2) is 47.2 Å². The highest BCUT2D eigenvalue weighted by atomic mass is 16.5. The molecule has 7 heteroatoms. The van der Waals surface area contributed by atoms with Crippen molar-refractivity contribution in [1.82, 2.24) is 14.5 Å². The topological polar surface area (TPSA) is 87.8 Å². The molecular weight excluding hydrogens is 356 g/mol. The highest BCUT2D eigenvalue weighted by Crippen LogP contribution is 2.30. The van der Waals surface area contributed by atoms with Crippen LogP contribution in [0.5, 0.6) is 11.5 Å². The summed E-state index contributed by atoms with van der Waals surface area (Å²) in [5, 5.41) is 3.97. The summed E-state index contributed by atoms with van der Waals surface area (Å²) in [5.41, 5.74) is 10.9. The highest BCUT2D eigenvalue weighted by molar-refractivity contribution is 5.71. The number of aromatic nitrogens is 3. The van der Waals surface area contributed by atoms with Gasteiger partial charge in [0.15, 0.2) is 11.4 Å². The van der Waals surface area contributed by atoms with E-state index in [0.717, 1.165) is 33.9 Å². The second kappa shape index (κ2) is 7.26. The summed E-state index contributed by atoms with van der Waals surface area (Å²) in [6.45, 7) is 6.66. The second-order valence-electron chi connectivity index (χ2n) is 6.51. The molecule has 0 amide bonds. The minimum absolute atomic E-state index is 0.374. The lowest BCUT2D eigenvalue weighted by atomic mass is 10.1. The van der Waals surface area contributed by atoms with Gasteiger partial charge in [0.05, 0.1) is 29.2 Å². The van der Waals surface area contributed by atoms with Gasteiger partial charge in [-0.25, -0.2) is 4.98 Å². The van der Waals surface area contributed by atoms with E-state index >= 15 is 0 Å². The summed E-state index contributed by atoms with van der Waals surface area (Å²) in [6, 6.07) is 9.52. The third-order valence-electron chi connectivity index (χ3n) is 4.61. The quantitative estimate of drug-likeness (QED) is 0.507. The van der Waals surface area contributed by atoms with E-state index in [-0.39, 0.29) is 0 Å². The van der Waals surface area contributed by atoms with Crippen LogP contribution in [0.3, 0.4) is 0 Å². The number of anilines is 1. The van der Waals surface area contributed by atoms with Crippen LogP contribution < -0.4 is 15.2 Å². The fourth-order valence-corrected chi connectivity index (χ4v) is 3.09. The van der Waals surface area contributed by atoms with Gasteiger partial charge in [-0.3, -0.25) is 0 Å². The predicted octanol–water partition coefficient (Wildman–Crippen LogP) is 4.17. The number of nitrogen functional groups attached to an aromatic ring is 1. The normalized spacial score (nSPS) is 11.1. The smallest absolute Gasteiger partial charge is 0.180 e. The van der Waals surface area contributed by atoms with Crippen molar-refractivity contribution in [3.63, 3.8) is 0 Å². The minimum Gasteiger partial charge on any atom is -0.492 e. The molecule has 0 atom stereocenters. The number of benzene rings is 1. The third kappa shape index (κ3) is 3.26. The van der Waals surface area contributed by atoms with Gasteiger partial charge in [-0.1, -0.05) is 5.16 Å². The van der Waals surface area contributed by atoms with Gasteiger partial charge < -0.3 is 24.1 Å². The van der Waals surface area contributed by atoms with Crippen molar-refractivity contribution in [3.05, 3.63) is 59.7 Å². The molecule has 0 saturated heterocycles. The van der Waals surface area contributed by atoms with Gasteiger partial charge in [0, 0.05) is 18.0 Å². The van der Waals surface area contributed by atoms with Crippen molar-refractivity contribution in [2.75, 3.05) is 12.3 Å². The van der Waals surface area contributed by atoms with Crippen LogP contribution >= 0.6 is 0 Å². The molecule has 0 radical (unpaired) electrons. The zero-order chi connectivity index (χ0) is 19.7. The Balaban J connectivity index is 1.64. The van der Waals surface area contributed by atoms with Gasteiger partial charge >= 0.3 is 0 Å². The zero-order valence-corrected chi connectivity index (χ0v) is 16.1. The molecule has 7 nitrogen and oxygen atoms in total. The first-order valence-corrected chi connectivity index (χ1v) is 9.11. The predicted molar refractivity (Wildman–Crippen MR) is 107 cm³/mol. The minimum atomic E-state index is 0.374. The molecule has 144 valence electrons. The van der Waals surface area contributed by atoms with E-state index in [1.165, 1.54) is 0 Å². The molecule has 3 heterocycles. The molecule has 3 aromatic heterocycles. The zero-order valence-electron chi connectivity index (χ0n) is 16.1. The average molecular weight is 378 g/mol. The van der Waals surface area contributed by atoms with E-state index in [2.05, 4.69) is 5.16 Å². The molecule has 0 aliphatic heterocycles. The maximum Gasteiger partial charge on any atom is 0.180 e. The lowest BCUT2D eigenvalue weighted by Gasteiger charge is -2.07. The van der Waals surface area contributed by atoms with E-state index in [1.807, 2.05) is 67.9 Å². The van der Waals surface area contributed by atoms with Crippen molar-refractivity contribution in [3.8, 4) is 22.8 Å². The van der Waals surface area contributed by atoms with Gasteiger partial charge in [-0.2, -0.15) is 0 Å². The van der Waals surface area contributed by atoms with Gasteiger partial charge in [0.2, 0.25) is 0 Å². The van der Waals surface area contributed by atoms with Crippen LogP contribution in [0.25, 0.3) is 16.9 Å². The number of ether oxygens (including phenoxy) is 2. The molecule has 0 aliphatic carbocycles. The van der Waals surface area contributed by atoms with Crippen LogP contribution in [-0.4, -0.2) is 21.1 Å².